The van der Waals surface area contributed by atoms with Gasteiger partial charge < -0.3 is 18.8 Å². The monoisotopic (exact) mass is 335 g/mol. The molecule has 0 aromatic heterocycles. The van der Waals surface area contributed by atoms with Gasteiger partial charge in [-0.15, -0.1) is 0 Å². The first-order chi connectivity index (χ1) is 10.4. The molecule has 0 radical (unpaired) electrons. The van der Waals surface area contributed by atoms with Crippen molar-refractivity contribution in [3.8, 4) is 0 Å². The molecule has 2 aliphatic heterocycles. The summed E-state index contributed by atoms with van der Waals surface area (Å²) in [5.41, 5.74) is 0. The Kier molecular flexibility index (Phi) is 5.90. The highest BCUT2D eigenvalue weighted by Gasteiger charge is 2.36. The van der Waals surface area contributed by atoms with E-state index in [-0.39, 0.29) is 24.9 Å². The number of hydrogen-bond acceptors (Lipinski definition) is 8. The second-order valence-corrected chi connectivity index (χ2v) is 7.09. The van der Waals surface area contributed by atoms with Crippen LogP contribution in [0.4, 0.5) is 0 Å². The van der Waals surface area contributed by atoms with E-state index in [1.165, 1.54) is 0 Å². The zero-order valence-electron chi connectivity index (χ0n) is 12.1. The Morgan fingerprint density at radius 3 is 2.23 bits per heavy atom. The molecule has 8 nitrogen and oxygen atoms in total. The minimum absolute atomic E-state index is 0.0303. The van der Waals surface area contributed by atoms with Gasteiger partial charge in [0.15, 0.2) is 5.78 Å². The van der Waals surface area contributed by atoms with Crippen molar-refractivity contribution in [3.05, 3.63) is 0 Å². The van der Waals surface area contributed by atoms with E-state index >= 15 is 0 Å². The van der Waals surface area contributed by atoms with Gasteiger partial charge >= 0.3 is 5.97 Å². The normalized spacial score (nSPS) is 26.8. The van der Waals surface area contributed by atoms with Crippen LogP contribution in [0.2, 0.25) is 0 Å². The molecule has 0 N–H and O–H groups in total. The molecule has 0 aromatic carbocycles. The van der Waals surface area contributed by atoms with Gasteiger partial charge in [0.05, 0.1) is 13.2 Å². The highest BCUT2D eigenvalue weighted by atomic mass is 32.2. The molecule has 3 unspecified atom stereocenters. The van der Waals surface area contributed by atoms with Crippen LogP contribution in [0.15, 0.2) is 0 Å². The number of ether oxygens (including phenoxy) is 3. The highest BCUT2D eigenvalue weighted by molar-refractivity contribution is 7.88. The van der Waals surface area contributed by atoms with Gasteiger partial charge in [-0.1, -0.05) is 0 Å². The Morgan fingerprint density at radius 1 is 1.14 bits per heavy atom. The van der Waals surface area contributed by atoms with E-state index in [9.17, 15) is 22.6 Å². The van der Waals surface area contributed by atoms with Crippen molar-refractivity contribution in [1.29, 1.82) is 0 Å². The molecule has 126 valence electrons. The minimum atomic E-state index is -5.10. The molecule has 0 amide bonds. The Balaban J connectivity index is 1.95. The predicted octanol–water partition coefficient (Wildman–Crippen LogP) is -0.524. The molecule has 0 bridgehead atoms. The van der Waals surface area contributed by atoms with Gasteiger partial charge in [-0.05, 0) is 18.8 Å². The number of ketones is 1. The van der Waals surface area contributed by atoms with Crippen molar-refractivity contribution < 1.29 is 36.8 Å². The van der Waals surface area contributed by atoms with Crippen LogP contribution in [0.25, 0.3) is 0 Å². The van der Waals surface area contributed by atoms with Gasteiger partial charge in [-0.2, -0.15) is 0 Å². The van der Waals surface area contributed by atoms with Crippen molar-refractivity contribution >= 4 is 21.9 Å². The van der Waals surface area contributed by atoms with Crippen LogP contribution < -0.4 is 0 Å². The molecule has 2 heterocycles. The fourth-order valence-electron chi connectivity index (χ4n) is 2.54. The summed E-state index contributed by atoms with van der Waals surface area (Å²) in [6.07, 6.45) is 1.12. The molecule has 9 heteroatoms. The summed E-state index contributed by atoms with van der Waals surface area (Å²) in [6.45, 7) is 1.72. The number of carbonyl (C=O) groups is 2. The fourth-order valence-corrected chi connectivity index (χ4v) is 3.26. The molecule has 3 atom stereocenters. The Labute approximate surface area is 128 Å². The molecule has 0 aromatic rings. The zero-order chi connectivity index (χ0) is 16.2. The molecule has 0 saturated carbocycles. The van der Waals surface area contributed by atoms with Crippen molar-refractivity contribution in [2.45, 2.75) is 24.5 Å². The zero-order valence-corrected chi connectivity index (χ0v) is 12.9. The van der Waals surface area contributed by atoms with Gasteiger partial charge in [-0.3, -0.25) is 9.59 Å². The fraction of sp³-hybridized carbons (Fsp3) is 0.846. The standard InChI is InChI=1S/C13H20O8S/c14-11(5-9-1-3-19-6-9)12(22(16,17)18)13(15)21-8-10-2-4-20-7-10/h9-10,12H,1-8H2,(H,16,17,18)/p-1. The maximum absolute atomic E-state index is 12.0. The Bertz CT molecular complexity index is 502. The van der Waals surface area contributed by atoms with Crippen LogP contribution in [-0.2, 0) is 33.9 Å². The topological polar surface area (TPSA) is 119 Å². The van der Waals surface area contributed by atoms with E-state index in [1.807, 2.05) is 0 Å². The van der Waals surface area contributed by atoms with E-state index in [0.29, 0.717) is 39.3 Å². The molecule has 22 heavy (non-hydrogen) atoms. The van der Waals surface area contributed by atoms with Crippen LogP contribution in [0.1, 0.15) is 19.3 Å². The second-order valence-electron chi connectivity index (χ2n) is 5.63. The summed E-state index contributed by atoms with van der Waals surface area (Å²) in [7, 11) is -5.10. The van der Waals surface area contributed by atoms with Crippen LogP contribution in [0.5, 0.6) is 0 Å². The third-order valence-corrected chi connectivity index (χ3v) is 4.83. The summed E-state index contributed by atoms with van der Waals surface area (Å²) in [5, 5.41) is -2.28. The first-order valence-electron chi connectivity index (χ1n) is 7.17. The van der Waals surface area contributed by atoms with Crippen LogP contribution in [-0.4, -0.2) is 63.0 Å². The number of carbonyl (C=O) groups excluding carboxylic acids is 2. The van der Waals surface area contributed by atoms with Crippen LogP contribution >= 0.6 is 0 Å². The van der Waals surface area contributed by atoms with Crippen molar-refractivity contribution in [2.75, 3.05) is 33.0 Å². The van der Waals surface area contributed by atoms with Crippen LogP contribution in [0, 0.1) is 11.8 Å². The molecule has 2 fully saturated rings. The minimum Gasteiger partial charge on any atom is -0.747 e. The average Bonchev–Trinajstić information content (AvgIpc) is 3.07. The second kappa shape index (κ2) is 7.49. The largest absolute Gasteiger partial charge is 0.747 e. The quantitative estimate of drug-likeness (QED) is 0.346. The van der Waals surface area contributed by atoms with Gasteiger partial charge in [0.2, 0.25) is 5.25 Å². The van der Waals surface area contributed by atoms with Gasteiger partial charge in [0.1, 0.15) is 10.1 Å². The average molecular weight is 335 g/mol. The first-order valence-corrected chi connectivity index (χ1v) is 8.64. The SMILES string of the molecule is O=C(CC1CCOC1)C(C(=O)OCC1CCOC1)S(=O)(=O)[O-]. The number of rotatable bonds is 7. The summed E-state index contributed by atoms with van der Waals surface area (Å²) in [5.74, 6) is -2.39. The molecular formula is C13H19O8S-. The van der Waals surface area contributed by atoms with Crippen molar-refractivity contribution in [1.82, 2.24) is 0 Å². The lowest BCUT2D eigenvalue weighted by atomic mass is 10.0. The Hall–Kier alpha value is -1.03. The third kappa shape index (κ3) is 4.73. The van der Waals surface area contributed by atoms with E-state index < -0.39 is 27.1 Å². The number of Topliss-reactive ketones (excluding diaryl/α,β-unsaturated/α-hetero) is 1. The van der Waals surface area contributed by atoms with Crippen molar-refractivity contribution in [3.63, 3.8) is 0 Å². The lowest BCUT2D eigenvalue weighted by Crippen LogP contribution is -2.40. The summed E-state index contributed by atoms with van der Waals surface area (Å²) in [4.78, 5) is 23.9. The molecule has 2 saturated heterocycles. The Morgan fingerprint density at radius 2 is 1.73 bits per heavy atom. The number of hydrogen-bond donors (Lipinski definition) is 0. The summed E-state index contributed by atoms with van der Waals surface area (Å²) in [6, 6.07) is 0. The van der Waals surface area contributed by atoms with Gasteiger partial charge in [0.25, 0.3) is 0 Å². The highest BCUT2D eigenvalue weighted by Crippen LogP contribution is 2.20. The maximum Gasteiger partial charge on any atom is 0.330 e. The summed E-state index contributed by atoms with van der Waals surface area (Å²) >= 11 is 0. The van der Waals surface area contributed by atoms with E-state index in [1.54, 1.807) is 0 Å². The number of esters is 1. The molecule has 0 aliphatic carbocycles. The molecule has 0 spiro atoms. The van der Waals surface area contributed by atoms with Crippen LogP contribution in [0.3, 0.4) is 0 Å². The van der Waals surface area contributed by atoms with E-state index in [0.717, 1.165) is 0 Å². The smallest absolute Gasteiger partial charge is 0.330 e. The maximum atomic E-state index is 12.0. The summed E-state index contributed by atoms with van der Waals surface area (Å²) < 4.78 is 48.8. The first kappa shape index (κ1) is 17.3. The van der Waals surface area contributed by atoms with E-state index in [2.05, 4.69) is 0 Å². The van der Waals surface area contributed by atoms with Crippen molar-refractivity contribution in [2.24, 2.45) is 11.8 Å². The molecular weight excluding hydrogens is 316 g/mol. The van der Waals surface area contributed by atoms with E-state index in [4.69, 9.17) is 14.2 Å². The third-order valence-electron chi connectivity index (χ3n) is 3.79. The predicted molar refractivity (Wildman–Crippen MR) is 71.9 cm³/mol. The van der Waals surface area contributed by atoms with Gasteiger partial charge in [0, 0.05) is 32.2 Å². The lowest BCUT2D eigenvalue weighted by Gasteiger charge is -2.20. The molecule has 2 aliphatic rings. The van der Waals surface area contributed by atoms with Gasteiger partial charge in [-0.25, -0.2) is 8.42 Å². The molecule has 2 rings (SSSR count). The lowest BCUT2D eigenvalue weighted by molar-refractivity contribution is -0.147.